The summed E-state index contributed by atoms with van der Waals surface area (Å²) >= 11 is 0. The van der Waals surface area contributed by atoms with Crippen molar-refractivity contribution in [2.24, 2.45) is 0 Å². The average Bonchev–Trinajstić information content (AvgIpc) is 2.74. The lowest BCUT2D eigenvalue weighted by molar-refractivity contribution is 0.534. The zero-order chi connectivity index (χ0) is 14.0. The largest absolute Gasteiger partial charge is 0.408 e. The van der Waals surface area contributed by atoms with Crippen molar-refractivity contribution in [2.45, 2.75) is 11.8 Å². The van der Waals surface area contributed by atoms with Gasteiger partial charge in [0.1, 0.15) is 11.9 Å². The summed E-state index contributed by atoms with van der Waals surface area (Å²) in [5.41, 5.74) is -0.371. The fraction of sp³-hybridized carbons (Fsp3) is 0.100. The summed E-state index contributed by atoms with van der Waals surface area (Å²) in [6.45, 7) is 1.50. The molecule has 0 bridgehead atoms. The molecule has 2 aromatic rings. The molecule has 0 radical (unpaired) electrons. The first-order valence-corrected chi connectivity index (χ1v) is 6.43. The summed E-state index contributed by atoms with van der Waals surface area (Å²) in [7, 11) is -4.01. The number of halogens is 1. The first kappa shape index (κ1) is 13.0. The number of rotatable bonds is 3. The second kappa shape index (κ2) is 4.66. The maximum atomic E-state index is 13.1. The first-order valence-electron chi connectivity index (χ1n) is 4.95. The molecular weight excluding hydrogens is 275 g/mol. The second-order valence-electron chi connectivity index (χ2n) is 3.49. The van der Waals surface area contributed by atoms with E-state index < -0.39 is 15.8 Å². The summed E-state index contributed by atoms with van der Waals surface area (Å²) in [6.07, 6.45) is 0. The normalized spacial score (nSPS) is 11.0. The van der Waals surface area contributed by atoms with Crippen LogP contribution < -0.4 is 4.72 Å². The Labute approximate surface area is 107 Å². The van der Waals surface area contributed by atoms with Gasteiger partial charge in [-0.3, -0.25) is 0 Å². The van der Waals surface area contributed by atoms with Crippen molar-refractivity contribution < 1.29 is 17.2 Å². The van der Waals surface area contributed by atoms with Crippen molar-refractivity contribution in [3.8, 4) is 6.07 Å². The monoisotopic (exact) mass is 282 g/mol. The van der Waals surface area contributed by atoms with E-state index in [4.69, 9.17) is 9.68 Å². The van der Waals surface area contributed by atoms with Crippen molar-refractivity contribution in [1.29, 1.82) is 5.26 Å². The molecule has 0 aliphatic rings. The average molecular weight is 282 g/mol. The Balaban J connectivity index is 2.37. The Hall–Kier alpha value is -2.47. The van der Waals surface area contributed by atoms with Crippen LogP contribution in [-0.2, 0) is 10.0 Å². The van der Waals surface area contributed by atoms with Gasteiger partial charge in [-0.25, -0.2) is 17.5 Å². The highest BCUT2D eigenvalue weighted by Crippen LogP contribution is 2.17. The van der Waals surface area contributed by atoms with Crippen LogP contribution in [-0.4, -0.2) is 18.6 Å². The van der Waals surface area contributed by atoms with E-state index >= 15 is 0 Å². The summed E-state index contributed by atoms with van der Waals surface area (Å²) in [5, 5.41) is 15.6. The molecule has 0 fully saturated rings. The van der Waals surface area contributed by atoms with Gasteiger partial charge in [-0.05, 0) is 18.2 Å². The predicted octanol–water partition coefficient (Wildman–Crippen LogP) is 1.19. The van der Waals surface area contributed by atoms with Gasteiger partial charge in [0.2, 0.25) is 5.89 Å². The Morgan fingerprint density at radius 2 is 2.16 bits per heavy atom. The highest BCUT2D eigenvalue weighted by atomic mass is 32.2. The molecule has 0 amide bonds. The zero-order valence-corrected chi connectivity index (χ0v) is 10.4. The Morgan fingerprint density at radius 1 is 1.42 bits per heavy atom. The smallest absolute Gasteiger partial charge is 0.329 e. The minimum absolute atomic E-state index is 0.189. The summed E-state index contributed by atoms with van der Waals surface area (Å²) in [4.78, 5) is -0.277. The van der Waals surface area contributed by atoms with Crippen molar-refractivity contribution >= 4 is 16.0 Å². The van der Waals surface area contributed by atoms with Crippen LogP contribution in [0, 0.1) is 24.1 Å². The van der Waals surface area contributed by atoms with Gasteiger partial charge < -0.3 is 4.42 Å². The Bertz CT molecular complexity index is 763. The minimum Gasteiger partial charge on any atom is -0.408 e. The molecule has 0 saturated carbocycles. The van der Waals surface area contributed by atoms with E-state index in [0.29, 0.717) is 0 Å². The maximum absolute atomic E-state index is 13.1. The van der Waals surface area contributed by atoms with E-state index in [2.05, 4.69) is 10.2 Å². The van der Waals surface area contributed by atoms with E-state index in [1.807, 2.05) is 4.72 Å². The fourth-order valence-electron chi connectivity index (χ4n) is 1.27. The van der Waals surface area contributed by atoms with Gasteiger partial charge in [-0.2, -0.15) is 5.26 Å². The molecule has 1 aromatic heterocycles. The summed E-state index contributed by atoms with van der Waals surface area (Å²) in [5.74, 6) is -0.607. The molecule has 0 spiro atoms. The third kappa shape index (κ3) is 2.69. The highest BCUT2D eigenvalue weighted by Gasteiger charge is 2.19. The number of aromatic nitrogens is 2. The third-order valence-electron chi connectivity index (χ3n) is 2.12. The van der Waals surface area contributed by atoms with Crippen LogP contribution in [0.2, 0.25) is 0 Å². The van der Waals surface area contributed by atoms with Crippen LogP contribution in [0.3, 0.4) is 0 Å². The minimum atomic E-state index is -4.01. The lowest BCUT2D eigenvalue weighted by atomic mass is 10.2. The molecule has 19 heavy (non-hydrogen) atoms. The lowest BCUT2D eigenvalue weighted by Crippen LogP contribution is -2.13. The number of hydrogen-bond donors (Lipinski definition) is 1. The number of benzene rings is 1. The molecule has 2 rings (SSSR count). The molecule has 0 atom stereocenters. The number of nitrogens with one attached hydrogen (secondary N) is 1. The first-order chi connectivity index (χ1) is 8.92. The number of hydrogen-bond acceptors (Lipinski definition) is 6. The molecule has 1 aromatic carbocycles. The number of anilines is 1. The van der Waals surface area contributed by atoms with Crippen LogP contribution in [0.1, 0.15) is 11.5 Å². The van der Waals surface area contributed by atoms with Crippen molar-refractivity contribution in [3.63, 3.8) is 0 Å². The highest BCUT2D eigenvalue weighted by molar-refractivity contribution is 7.92. The molecule has 0 unspecified atom stereocenters. The van der Waals surface area contributed by atoms with Crippen molar-refractivity contribution in [1.82, 2.24) is 10.2 Å². The number of nitriles is 1. The number of nitrogens with zero attached hydrogens (tertiary/aromatic N) is 3. The van der Waals surface area contributed by atoms with Crippen LogP contribution in [0.5, 0.6) is 0 Å². The number of aryl methyl sites for hydroxylation is 1. The predicted molar refractivity (Wildman–Crippen MR) is 61.0 cm³/mol. The van der Waals surface area contributed by atoms with E-state index in [1.165, 1.54) is 6.92 Å². The van der Waals surface area contributed by atoms with Gasteiger partial charge in [0.05, 0.1) is 10.5 Å². The fourth-order valence-corrected chi connectivity index (χ4v) is 2.22. The van der Waals surface area contributed by atoms with Gasteiger partial charge in [0.15, 0.2) is 0 Å². The van der Waals surface area contributed by atoms with E-state index in [-0.39, 0.29) is 22.4 Å². The van der Waals surface area contributed by atoms with E-state index in [9.17, 15) is 12.8 Å². The molecule has 0 saturated heterocycles. The second-order valence-corrected chi connectivity index (χ2v) is 5.17. The molecular formula is C10H7FN4O3S. The molecule has 0 aliphatic carbocycles. The molecule has 98 valence electrons. The lowest BCUT2D eigenvalue weighted by Gasteiger charge is -2.04. The number of sulfonamides is 1. The van der Waals surface area contributed by atoms with Crippen molar-refractivity contribution in [2.75, 3.05) is 4.72 Å². The molecule has 7 nitrogen and oxygen atoms in total. The standard InChI is InChI=1S/C10H7FN4O3S/c1-6-13-14-10(18-6)15-19(16,17)8-2-3-9(11)7(4-8)5-12/h2-4H,1H3,(H,14,15). The molecule has 1 heterocycles. The van der Waals surface area contributed by atoms with E-state index in [0.717, 1.165) is 18.2 Å². The zero-order valence-electron chi connectivity index (χ0n) is 9.58. The molecule has 9 heteroatoms. The summed E-state index contributed by atoms with van der Waals surface area (Å²) < 4.78 is 43.8. The maximum Gasteiger partial charge on any atom is 0.329 e. The Kier molecular flexibility index (Phi) is 3.18. The van der Waals surface area contributed by atoms with Crippen LogP contribution in [0.15, 0.2) is 27.5 Å². The van der Waals surface area contributed by atoms with E-state index in [1.54, 1.807) is 6.07 Å². The topological polar surface area (TPSA) is 109 Å². The van der Waals surface area contributed by atoms with Crippen molar-refractivity contribution in [3.05, 3.63) is 35.5 Å². The Morgan fingerprint density at radius 3 is 2.74 bits per heavy atom. The quantitative estimate of drug-likeness (QED) is 0.905. The molecule has 0 aliphatic heterocycles. The van der Waals surface area contributed by atoms with Crippen LogP contribution in [0.25, 0.3) is 0 Å². The summed E-state index contributed by atoms with van der Waals surface area (Å²) in [6, 6.07) is 4.09. The van der Waals surface area contributed by atoms with Gasteiger partial charge in [0.25, 0.3) is 10.0 Å². The van der Waals surface area contributed by atoms with Crippen LogP contribution in [0.4, 0.5) is 10.4 Å². The van der Waals surface area contributed by atoms with Gasteiger partial charge in [-0.1, -0.05) is 5.10 Å². The molecule has 1 N–H and O–H groups in total. The SMILES string of the molecule is Cc1nnc(NS(=O)(=O)c2ccc(F)c(C#N)c2)o1. The van der Waals surface area contributed by atoms with Crippen LogP contribution >= 0.6 is 0 Å². The van der Waals surface area contributed by atoms with Gasteiger partial charge in [-0.15, -0.1) is 5.10 Å². The van der Waals surface area contributed by atoms with Gasteiger partial charge in [0, 0.05) is 6.92 Å². The van der Waals surface area contributed by atoms with Gasteiger partial charge >= 0.3 is 6.01 Å². The third-order valence-corrected chi connectivity index (χ3v) is 3.43.